The van der Waals surface area contributed by atoms with Crippen molar-refractivity contribution in [2.75, 3.05) is 0 Å². The molecule has 3 rings (SSSR count). The highest BCUT2D eigenvalue weighted by Crippen LogP contribution is 2.25. The highest BCUT2D eigenvalue weighted by molar-refractivity contribution is 6.36. The SMILES string of the molecule is CCC(=O)C(=O)N[C@@H](C)c1cnn(-c2cccc3ccccc23)c1C. The van der Waals surface area contributed by atoms with E-state index in [0.29, 0.717) is 0 Å². The van der Waals surface area contributed by atoms with Gasteiger partial charge >= 0.3 is 0 Å². The molecule has 0 radical (unpaired) electrons. The molecule has 3 aromatic rings. The fourth-order valence-corrected chi connectivity index (χ4v) is 3.00. The summed E-state index contributed by atoms with van der Waals surface area (Å²) >= 11 is 0. The van der Waals surface area contributed by atoms with Gasteiger partial charge in [0.2, 0.25) is 5.78 Å². The van der Waals surface area contributed by atoms with E-state index in [4.69, 9.17) is 0 Å². The zero-order chi connectivity index (χ0) is 18.0. The Labute approximate surface area is 146 Å². The van der Waals surface area contributed by atoms with Crippen LogP contribution in [0.5, 0.6) is 0 Å². The van der Waals surface area contributed by atoms with Crippen molar-refractivity contribution in [1.82, 2.24) is 15.1 Å². The standard InChI is InChI=1S/C20H21N3O2/c1-4-19(24)20(25)22-13(2)17-12-21-23(14(17)3)18-11-7-9-15-8-5-6-10-16(15)18/h5-13H,4H2,1-3H3,(H,22,25)/t13-/m0/s1. The van der Waals surface area contributed by atoms with Crippen molar-refractivity contribution in [3.05, 3.63) is 59.9 Å². The molecular formula is C20H21N3O2. The molecule has 0 saturated heterocycles. The molecule has 1 atom stereocenters. The topological polar surface area (TPSA) is 64.0 Å². The van der Waals surface area contributed by atoms with Gasteiger partial charge in [-0.15, -0.1) is 0 Å². The number of nitrogens with zero attached hydrogens (tertiary/aromatic N) is 2. The number of rotatable bonds is 5. The summed E-state index contributed by atoms with van der Waals surface area (Å²) in [6, 6.07) is 14.0. The summed E-state index contributed by atoms with van der Waals surface area (Å²) in [6.07, 6.45) is 1.95. The maximum Gasteiger partial charge on any atom is 0.287 e. The van der Waals surface area contributed by atoms with Crippen molar-refractivity contribution in [3.63, 3.8) is 0 Å². The minimum atomic E-state index is -0.549. The molecule has 0 aliphatic carbocycles. The number of ketones is 1. The number of carbonyl (C=O) groups is 2. The Morgan fingerprint density at radius 2 is 1.88 bits per heavy atom. The van der Waals surface area contributed by atoms with Crippen LogP contribution in [0.3, 0.4) is 0 Å². The monoisotopic (exact) mass is 335 g/mol. The lowest BCUT2D eigenvalue weighted by Crippen LogP contribution is -2.32. The number of amides is 1. The highest BCUT2D eigenvalue weighted by Gasteiger charge is 2.19. The van der Waals surface area contributed by atoms with Crippen LogP contribution in [0.15, 0.2) is 48.7 Å². The number of hydrogen-bond acceptors (Lipinski definition) is 3. The van der Waals surface area contributed by atoms with Crippen LogP contribution in [0, 0.1) is 6.92 Å². The van der Waals surface area contributed by atoms with Crippen molar-refractivity contribution in [3.8, 4) is 5.69 Å². The van der Waals surface area contributed by atoms with E-state index in [2.05, 4.69) is 28.6 Å². The molecule has 0 fully saturated rings. The first-order valence-corrected chi connectivity index (χ1v) is 8.39. The molecule has 5 heteroatoms. The number of fused-ring (bicyclic) bond motifs is 1. The second-order valence-corrected chi connectivity index (χ2v) is 6.07. The van der Waals surface area contributed by atoms with Crippen LogP contribution >= 0.6 is 0 Å². The van der Waals surface area contributed by atoms with Crippen molar-refractivity contribution in [2.24, 2.45) is 0 Å². The van der Waals surface area contributed by atoms with E-state index in [1.165, 1.54) is 0 Å². The third-order valence-corrected chi connectivity index (χ3v) is 4.43. The van der Waals surface area contributed by atoms with Gasteiger partial charge in [-0.25, -0.2) is 4.68 Å². The second-order valence-electron chi connectivity index (χ2n) is 6.07. The Morgan fingerprint density at radius 1 is 1.16 bits per heavy atom. The maximum atomic E-state index is 11.8. The third-order valence-electron chi connectivity index (χ3n) is 4.43. The van der Waals surface area contributed by atoms with Crippen molar-refractivity contribution in [1.29, 1.82) is 0 Å². The molecule has 1 amide bonds. The van der Waals surface area contributed by atoms with Crippen molar-refractivity contribution in [2.45, 2.75) is 33.2 Å². The average molecular weight is 335 g/mol. The average Bonchev–Trinajstić information content (AvgIpc) is 3.01. The summed E-state index contributed by atoms with van der Waals surface area (Å²) in [4.78, 5) is 23.3. The van der Waals surface area contributed by atoms with Gasteiger partial charge in [0.05, 0.1) is 17.9 Å². The summed E-state index contributed by atoms with van der Waals surface area (Å²) in [5, 5.41) is 9.51. The first-order valence-electron chi connectivity index (χ1n) is 8.39. The van der Waals surface area contributed by atoms with Gasteiger partial charge < -0.3 is 5.32 Å². The molecule has 128 valence electrons. The maximum absolute atomic E-state index is 11.8. The Bertz CT molecular complexity index is 938. The van der Waals surface area contributed by atoms with Gasteiger partial charge in [0.15, 0.2) is 0 Å². The minimum absolute atomic E-state index is 0.201. The van der Waals surface area contributed by atoms with Crippen LogP contribution in [-0.4, -0.2) is 21.5 Å². The predicted octanol–water partition coefficient (Wildman–Crippen LogP) is 3.49. The first-order chi connectivity index (χ1) is 12.0. The van der Waals surface area contributed by atoms with Crippen molar-refractivity contribution < 1.29 is 9.59 Å². The smallest absolute Gasteiger partial charge is 0.287 e. The number of carbonyl (C=O) groups excluding carboxylic acids is 2. The molecule has 0 aliphatic heterocycles. The van der Waals surface area contributed by atoms with Gasteiger partial charge in [-0.3, -0.25) is 9.59 Å². The number of aromatic nitrogens is 2. The van der Waals surface area contributed by atoms with Crippen molar-refractivity contribution >= 4 is 22.5 Å². The molecule has 0 saturated carbocycles. The normalized spacial score (nSPS) is 12.1. The molecular weight excluding hydrogens is 314 g/mol. The van der Waals surface area contributed by atoms with E-state index in [1.54, 1.807) is 13.1 Å². The lowest BCUT2D eigenvalue weighted by molar-refractivity contribution is -0.138. The highest BCUT2D eigenvalue weighted by atomic mass is 16.2. The van der Waals surface area contributed by atoms with E-state index in [9.17, 15) is 9.59 Å². The Hall–Kier alpha value is -2.95. The summed E-state index contributed by atoms with van der Waals surface area (Å²) < 4.78 is 1.88. The van der Waals surface area contributed by atoms with Gasteiger partial charge in [0.25, 0.3) is 5.91 Å². The zero-order valence-corrected chi connectivity index (χ0v) is 14.6. The van der Waals surface area contributed by atoms with E-state index in [0.717, 1.165) is 27.7 Å². The fraction of sp³-hybridized carbons (Fsp3) is 0.250. The van der Waals surface area contributed by atoms with E-state index >= 15 is 0 Å². The largest absolute Gasteiger partial charge is 0.343 e. The minimum Gasteiger partial charge on any atom is -0.343 e. The zero-order valence-electron chi connectivity index (χ0n) is 14.6. The third kappa shape index (κ3) is 3.18. The molecule has 0 aliphatic rings. The molecule has 1 N–H and O–H groups in total. The van der Waals surface area contributed by atoms with E-state index in [-0.39, 0.29) is 12.5 Å². The van der Waals surface area contributed by atoms with Crippen LogP contribution in [0.2, 0.25) is 0 Å². The Morgan fingerprint density at radius 3 is 2.64 bits per heavy atom. The molecule has 25 heavy (non-hydrogen) atoms. The van der Waals surface area contributed by atoms with E-state index < -0.39 is 11.7 Å². The second kappa shape index (κ2) is 6.89. The molecule has 0 bridgehead atoms. The molecule has 5 nitrogen and oxygen atoms in total. The lowest BCUT2D eigenvalue weighted by atomic mass is 10.1. The van der Waals surface area contributed by atoms with Gasteiger partial charge in [0.1, 0.15) is 0 Å². The first kappa shape index (κ1) is 16.9. The molecule has 0 spiro atoms. The van der Waals surface area contributed by atoms with Gasteiger partial charge in [-0.05, 0) is 25.3 Å². The lowest BCUT2D eigenvalue weighted by Gasteiger charge is -2.14. The molecule has 0 unspecified atom stereocenters. The number of Topliss-reactive ketones (excluding diaryl/α,β-unsaturated/α-hetero) is 1. The number of benzene rings is 2. The van der Waals surface area contributed by atoms with Crippen LogP contribution in [0.25, 0.3) is 16.5 Å². The molecule has 1 heterocycles. The Kier molecular flexibility index (Phi) is 4.65. The van der Waals surface area contributed by atoms with Crippen LogP contribution in [-0.2, 0) is 9.59 Å². The quantitative estimate of drug-likeness (QED) is 0.726. The number of hydrogen-bond donors (Lipinski definition) is 1. The molecule has 1 aromatic heterocycles. The van der Waals surface area contributed by atoms with Gasteiger partial charge in [-0.2, -0.15) is 5.10 Å². The van der Waals surface area contributed by atoms with Crippen LogP contribution < -0.4 is 5.32 Å². The summed E-state index contributed by atoms with van der Waals surface area (Å²) in [5.41, 5.74) is 2.82. The van der Waals surface area contributed by atoms with Crippen LogP contribution in [0.1, 0.15) is 37.6 Å². The summed E-state index contributed by atoms with van der Waals surface area (Å²) in [6.45, 7) is 5.50. The summed E-state index contributed by atoms with van der Waals surface area (Å²) in [7, 11) is 0. The van der Waals surface area contributed by atoms with Crippen LogP contribution in [0.4, 0.5) is 0 Å². The molecule has 2 aromatic carbocycles. The Balaban J connectivity index is 1.96. The van der Waals surface area contributed by atoms with Gasteiger partial charge in [-0.1, -0.05) is 43.3 Å². The fourth-order valence-electron chi connectivity index (χ4n) is 3.00. The van der Waals surface area contributed by atoms with E-state index in [1.807, 2.05) is 42.8 Å². The van der Waals surface area contributed by atoms with Gasteiger partial charge in [0, 0.05) is 23.1 Å². The predicted molar refractivity (Wildman–Crippen MR) is 97.7 cm³/mol. The number of nitrogens with one attached hydrogen (secondary N) is 1. The summed E-state index contributed by atoms with van der Waals surface area (Å²) in [5.74, 6) is -0.960.